The Bertz CT molecular complexity index is 467. The number of rotatable bonds is 5. The fourth-order valence-corrected chi connectivity index (χ4v) is 2.85. The molecule has 1 fully saturated rings. The second kappa shape index (κ2) is 6.37. The highest BCUT2D eigenvalue weighted by molar-refractivity contribution is 5.75. The largest absolute Gasteiger partial charge is 0.481 e. The molecular weight excluding hydrogens is 254 g/mol. The fourth-order valence-electron chi connectivity index (χ4n) is 2.85. The van der Waals surface area contributed by atoms with Crippen LogP contribution in [0.25, 0.3) is 0 Å². The van der Waals surface area contributed by atoms with Gasteiger partial charge in [-0.1, -0.05) is 24.3 Å². The molecule has 0 aromatic heterocycles. The summed E-state index contributed by atoms with van der Waals surface area (Å²) in [5.74, 6) is -0.697. The molecule has 1 saturated heterocycles. The minimum atomic E-state index is -0.697. The molecular formula is C16H23NO3. The average Bonchev–Trinajstić information content (AvgIpc) is 2.42. The minimum absolute atomic E-state index is 0.546. The van der Waals surface area contributed by atoms with Crippen molar-refractivity contribution in [2.24, 2.45) is 5.41 Å². The maximum Gasteiger partial charge on any atom is 0.311 e. The Morgan fingerprint density at radius 3 is 2.60 bits per heavy atom. The van der Waals surface area contributed by atoms with E-state index in [-0.39, 0.29) is 0 Å². The fraction of sp³-hybridized carbons (Fsp3) is 0.562. The molecule has 1 aliphatic rings. The maximum absolute atomic E-state index is 11.6. The van der Waals surface area contributed by atoms with Gasteiger partial charge in [-0.25, -0.2) is 0 Å². The molecule has 1 N–H and O–H groups in total. The van der Waals surface area contributed by atoms with Gasteiger partial charge >= 0.3 is 5.97 Å². The van der Waals surface area contributed by atoms with Gasteiger partial charge in [0, 0.05) is 26.3 Å². The van der Waals surface area contributed by atoms with E-state index < -0.39 is 11.4 Å². The van der Waals surface area contributed by atoms with E-state index in [1.54, 1.807) is 0 Å². The Morgan fingerprint density at radius 1 is 1.35 bits per heavy atom. The highest BCUT2D eigenvalue weighted by atomic mass is 16.5. The van der Waals surface area contributed by atoms with E-state index in [0.717, 1.165) is 6.54 Å². The zero-order valence-electron chi connectivity index (χ0n) is 12.3. The SMILES string of the molecule is Cc1ccccc1CN(C)CC1(C(=O)O)CCOCC1. The van der Waals surface area contributed by atoms with Crippen LogP contribution in [0, 0.1) is 12.3 Å². The molecule has 4 nitrogen and oxygen atoms in total. The number of nitrogens with zero attached hydrogens (tertiary/aromatic N) is 1. The molecule has 0 bridgehead atoms. The summed E-state index contributed by atoms with van der Waals surface area (Å²) in [6.45, 7) is 4.53. The van der Waals surface area contributed by atoms with Gasteiger partial charge in [0.15, 0.2) is 0 Å². The van der Waals surface area contributed by atoms with Crippen molar-refractivity contribution < 1.29 is 14.6 Å². The van der Waals surface area contributed by atoms with Gasteiger partial charge in [0.1, 0.15) is 0 Å². The highest BCUT2D eigenvalue weighted by Crippen LogP contribution is 2.32. The number of carbonyl (C=O) groups is 1. The maximum atomic E-state index is 11.6. The molecule has 0 amide bonds. The van der Waals surface area contributed by atoms with Gasteiger partial charge in [-0.15, -0.1) is 0 Å². The zero-order chi connectivity index (χ0) is 14.6. The van der Waals surface area contributed by atoms with Crippen molar-refractivity contribution >= 4 is 5.97 Å². The number of ether oxygens (including phenoxy) is 1. The summed E-state index contributed by atoms with van der Waals surface area (Å²) < 4.78 is 5.31. The quantitative estimate of drug-likeness (QED) is 0.897. The summed E-state index contributed by atoms with van der Waals surface area (Å²) >= 11 is 0. The second-order valence-corrected chi connectivity index (χ2v) is 5.80. The molecule has 0 spiro atoms. The van der Waals surface area contributed by atoms with Crippen molar-refractivity contribution in [3.63, 3.8) is 0 Å². The van der Waals surface area contributed by atoms with Crippen molar-refractivity contribution in [3.05, 3.63) is 35.4 Å². The first-order valence-electron chi connectivity index (χ1n) is 7.08. The van der Waals surface area contributed by atoms with Crippen LogP contribution in [0.5, 0.6) is 0 Å². The summed E-state index contributed by atoms with van der Waals surface area (Å²) in [4.78, 5) is 13.8. The standard InChI is InChI=1S/C16H23NO3/c1-13-5-3-4-6-14(13)11-17(2)12-16(15(18)19)7-9-20-10-8-16/h3-6H,7-12H2,1-2H3,(H,18,19). The van der Waals surface area contributed by atoms with E-state index in [1.807, 2.05) is 19.2 Å². The third-order valence-electron chi connectivity index (χ3n) is 4.18. The van der Waals surface area contributed by atoms with Crippen molar-refractivity contribution in [3.8, 4) is 0 Å². The number of benzene rings is 1. The molecule has 4 heteroatoms. The Kier molecular flexibility index (Phi) is 4.78. The molecule has 1 aromatic carbocycles. The number of carboxylic acids is 1. The molecule has 1 heterocycles. The summed E-state index contributed by atoms with van der Waals surface area (Å²) in [6, 6.07) is 8.24. The van der Waals surface area contributed by atoms with Crippen LogP contribution >= 0.6 is 0 Å². The molecule has 0 aliphatic carbocycles. The van der Waals surface area contributed by atoms with Gasteiger partial charge in [-0.3, -0.25) is 4.79 Å². The smallest absolute Gasteiger partial charge is 0.311 e. The summed E-state index contributed by atoms with van der Waals surface area (Å²) in [5, 5.41) is 9.58. The zero-order valence-corrected chi connectivity index (χ0v) is 12.3. The number of aliphatic carboxylic acids is 1. The van der Waals surface area contributed by atoms with Crippen LogP contribution in [0.15, 0.2) is 24.3 Å². The first-order chi connectivity index (χ1) is 9.53. The van der Waals surface area contributed by atoms with Crippen LogP contribution in [0.4, 0.5) is 0 Å². The van der Waals surface area contributed by atoms with Crippen molar-refractivity contribution in [2.75, 3.05) is 26.8 Å². The van der Waals surface area contributed by atoms with Crippen LogP contribution in [-0.4, -0.2) is 42.8 Å². The van der Waals surface area contributed by atoms with Gasteiger partial charge in [-0.2, -0.15) is 0 Å². The molecule has 1 aliphatic heterocycles. The van der Waals surface area contributed by atoms with E-state index >= 15 is 0 Å². The van der Waals surface area contributed by atoms with E-state index in [4.69, 9.17) is 4.74 Å². The van der Waals surface area contributed by atoms with Crippen molar-refractivity contribution in [1.82, 2.24) is 4.90 Å². The monoisotopic (exact) mass is 277 g/mol. The number of hydrogen-bond donors (Lipinski definition) is 1. The predicted octanol–water partition coefficient (Wildman–Crippen LogP) is 2.31. The molecule has 1 aromatic rings. The lowest BCUT2D eigenvalue weighted by Gasteiger charge is -2.36. The first kappa shape index (κ1) is 15.0. The lowest BCUT2D eigenvalue weighted by atomic mass is 9.79. The average molecular weight is 277 g/mol. The lowest BCUT2D eigenvalue weighted by molar-refractivity contribution is -0.156. The lowest BCUT2D eigenvalue weighted by Crippen LogP contribution is -2.45. The summed E-state index contributed by atoms with van der Waals surface area (Å²) in [6.07, 6.45) is 1.20. The number of aryl methyl sites for hydroxylation is 1. The molecule has 0 atom stereocenters. The first-order valence-corrected chi connectivity index (χ1v) is 7.08. The summed E-state index contributed by atoms with van der Waals surface area (Å²) in [5.41, 5.74) is 1.84. The Balaban J connectivity index is 2.04. The van der Waals surface area contributed by atoms with E-state index in [1.165, 1.54) is 11.1 Å². The van der Waals surface area contributed by atoms with Gasteiger partial charge in [0.05, 0.1) is 5.41 Å². The van der Waals surface area contributed by atoms with Gasteiger partial charge < -0.3 is 14.7 Å². The van der Waals surface area contributed by atoms with E-state index in [9.17, 15) is 9.90 Å². The summed E-state index contributed by atoms with van der Waals surface area (Å²) in [7, 11) is 1.99. The number of hydrogen-bond acceptors (Lipinski definition) is 3. The van der Waals surface area contributed by atoms with Gasteiger partial charge in [-0.05, 0) is 37.9 Å². The highest BCUT2D eigenvalue weighted by Gasteiger charge is 2.40. The molecule has 0 radical (unpaired) electrons. The minimum Gasteiger partial charge on any atom is -0.481 e. The molecule has 2 rings (SSSR count). The second-order valence-electron chi connectivity index (χ2n) is 5.80. The number of carboxylic acid groups (broad SMARTS) is 1. The van der Waals surface area contributed by atoms with Crippen LogP contribution in [0.1, 0.15) is 24.0 Å². The molecule has 0 unspecified atom stereocenters. The third kappa shape index (κ3) is 3.38. The Labute approximate surface area is 120 Å². The van der Waals surface area contributed by atoms with Crippen LogP contribution in [-0.2, 0) is 16.1 Å². The van der Waals surface area contributed by atoms with Gasteiger partial charge in [0.2, 0.25) is 0 Å². The van der Waals surface area contributed by atoms with Crippen LogP contribution < -0.4 is 0 Å². The third-order valence-corrected chi connectivity index (χ3v) is 4.18. The molecule has 110 valence electrons. The van der Waals surface area contributed by atoms with E-state index in [0.29, 0.717) is 32.6 Å². The van der Waals surface area contributed by atoms with Crippen molar-refractivity contribution in [2.45, 2.75) is 26.3 Å². The Hall–Kier alpha value is -1.39. The van der Waals surface area contributed by atoms with Gasteiger partial charge in [0.25, 0.3) is 0 Å². The van der Waals surface area contributed by atoms with Crippen LogP contribution in [0.2, 0.25) is 0 Å². The van der Waals surface area contributed by atoms with E-state index in [2.05, 4.69) is 24.0 Å². The molecule has 0 saturated carbocycles. The predicted molar refractivity (Wildman–Crippen MR) is 77.6 cm³/mol. The van der Waals surface area contributed by atoms with Crippen molar-refractivity contribution in [1.29, 1.82) is 0 Å². The van der Waals surface area contributed by atoms with Crippen LogP contribution in [0.3, 0.4) is 0 Å². The normalized spacial score (nSPS) is 18.1. The topological polar surface area (TPSA) is 49.8 Å². The Morgan fingerprint density at radius 2 is 2.00 bits per heavy atom. The molecule has 20 heavy (non-hydrogen) atoms.